The highest BCUT2D eigenvalue weighted by Gasteiger charge is 2.23. The van der Waals surface area contributed by atoms with Crippen LogP contribution in [-0.4, -0.2) is 68.5 Å². The van der Waals surface area contributed by atoms with E-state index in [1.807, 2.05) is 27.2 Å². The van der Waals surface area contributed by atoms with E-state index in [1.165, 1.54) is 141 Å². The minimum Gasteiger partial charge on any atom is -0.756 e. The molecule has 0 aromatic rings. The van der Waals surface area contributed by atoms with Gasteiger partial charge in [0.2, 0.25) is 5.91 Å². The summed E-state index contributed by atoms with van der Waals surface area (Å²) in [5.41, 5.74) is 0. The van der Waals surface area contributed by atoms with Crippen molar-refractivity contribution in [2.45, 2.75) is 257 Å². The van der Waals surface area contributed by atoms with Crippen LogP contribution in [0.15, 0.2) is 109 Å². The number of aliphatic hydroxyl groups excluding tert-OH is 1. The largest absolute Gasteiger partial charge is 0.756 e. The van der Waals surface area contributed by atoms with Gasteiger partial charge in [0.05, 0.1) is 39.9 Å². The molecule has 8 nitrogen and oxygen atoms in total. The van der Waals surface area contributed by atoms with Gasteiger partial charge in [-0.1, -0.05) is 258 Å². The van der Waals surface area contributed by atoms with Crippen molar-refractivity contribution >= 4 is 13.7 Å². The number of phosphoric ester groups is 1. The maximum absolute atomic E-state index is 12.9. The average Bonchev–Trinajstić information content (AvgIpc) is 3.36. The average molecular weight is 1050 g/mol. The van der Waals surface area contributed by atoms with Gasteiger partial charge in [-0.25, -0.2) is 0 Å². The fourth-order valence-electron chi connectivity index (χ4n) is 8.27. The summed E-state index contributed by atoms with van der Waals surface area (Å²) < 4.78 is 23.3. The number of allylic oxidation sites excluding steroid dienone is 17. The Labute approximate surface area is 457 Å². The monoisotopic (exact) mass is 1050 g/mol. The second-order valence-corrected chi connectivity index (χ2v) is 22.7. The lowest BCUT2D eigenvalue weighted by molar-refractivity contribution is -0.870. The van der Waals surface area contributed by atoms with E-state index in [0.29, 0.717) is 17.4 Å². The predicted octanol–water partition coefficient (Wildman–Crippen LogP) is 18.1. The topological polar surface area (TPSA) is 108 Å². The first kappa shape index (κ1) is 71.2. The van der Waals surface area contributed by atoms with Gasteiger partial charge in [0, 0.05) is 6.42 Å². The number of carbonyl (C=O) groups is 1. The number of hydrogen-bond donors (Lipinski definition) is 2. The highest BCUT2D eigenvalue weighted by molar-refractivity contribution is 7.45. The molecule has 74 heavy (non-hydrogen) atoms. The molecule has 3 atom stereocenters. The fourth-order valence-corrected chi connectivity index (χ4v) is 8.99. The zero-order chi connectivity index (χ0) is 54.2. The number of nitrogens with zero attached hydrogens (tertiary/aromatic N) is 1. The number of likely N-dealkylation sites (N-methyl/N-ethyl adjacent to an activating group) is 1. The van der Waals surface area contributed by atoms with Gasteiger partial charge in [0.15, 0.2) is 0 Å². The van der Waals surface area contributed by atoms with Gasteiger partial charge in [-0.15, -0.1) is 0 Å². The first-order valence-corrected chi connectivity index (χ1v) is 31.7. The molecule has 0 saturated carbocycles. The van der Waals surface area contributed by atoms with E-state index in [4.69, 9.17) is 9.05 Å². The summed E-state index contributed by atoms with van der Waals surface area (Å²) in [7, 11) is 1.24. The van der Waals surface area contributed by atoms with Crippen LogP contribution >= 0.6 is 7.82 Å². The maximum Gasteiger partial charge on any atom is 0.268 e. The quantitative estimate of drug-likeness (QED) is 0.0272. The van der Waals surface area contributed by atoms with E-state index < -0.39 is 26.6 Å². The normalized spacial score (nSPS) is 14.6. The predicted molar refractivity (Wildman–Crippen MR) is 320 cm³/mol. The van der Waals surface area contributed by atoms with Crippen molar-refractivity contribution in [1.82, 2.24) is 5.32 Å². The smallest absolute Gasteiger partial charge is 0.268 e. The van der Waals surface area contributed by atoms with E-state index in [2.05, 4.69) is 116 Å². The Bertz CT molecular complexity index is 1570. The van der Waals surface area contributed by atoms with Crippen molar-refractivity contribution in [2.75, 3.05) is 40.9 Å². The molecule has 2 N–H and O–H groups in total. The molecule has 0 bridgehead atoms. The lowest BCUT2D eigenvalue weighted by Gasteiger charge is -2.29. The molecule has 0 rings (SSSR count). The molecule has 0 aromatic heterocycles. The number of nitrogens with one attached hydrogen (secondary N) is 1. The minimum atomic E-state index is -4.61. The van der Waals surface area contributed by atoms with Gasteiger partial charge < -0.3 is 28.8 Å². The molecule has 426 valence electrons. The van der Waals surface area contributed by atoms with Crippen molar-refractivity contribution in [3.8, 4) is 0 Å². The molecule has 1 amide bonds. The van der Waals surface area contributed by atoms with Crippen LogP contribution in [0.3, 0.4) is 0 Å². The molecule has 0 aliphatic heterocycles. The van der Waals surface area contributed by atoms with Gasteiger partial charge in [0.1, 0.15) is 13.2 Å². The Morgan fingerprint density at radius 3 is 1.26 bits per heavy atom. The number of hydrogen-bond acceptors (Lipinski definition) is 6. The molecule has 0 heterocycles. The molecule has 0 spiro atoms. The van der Waals surface area contributed by atoms with Gasteiger partial charge >= 0.3 is 0 Å². The number of phosphoric acid groups is 1. The summed E-state index contributed by atoms with van der Waals surface area (Å²) in [4.78, 5) is 25.5. The zero-order valence-corrected chi connectivity index (χ0v) is 49.4. The Balaban J connectivity index is 4.00. The van der Waals surface area contributed by atoms with Crippen LogP contribution in [0.2, 0.25) is 0 Å². The third-order valence-electron chi connectivity index (χ3n) is 13.0. The molecular formula is C65H115N2O6P. The molecule has 0 saturated heterocycles. The summed E-state index contributed by atoms with van der Waals surface area (Å²) in [6.07, 6.45) is 80.5. The van der Waals surface area contributed by atoms with Gasteiger partial charge in [-0.3, -0.25) is 9.36 Å². The third-order valence-corrected chi connectivity index (χ3v) is 13.9. The van der Waals surface area contributed by atoms with Crippen LogP contribution in [0.4, 0.5) is 0 Å². The number of rotatable bonds is 54. The second kappa shape index (κ2) is 54.9. The number of amides is 1. The summed E-state index contributed by atoms with van der Waals surface area (Å²) in [5.74, 6) is -0.210. The van der Waals surface area contributed by atoms with E-state index in [1.54, 1.807) is 6.08 Å². The third kappa shape index (κ3) is 56.9. The summed E-state index contributed by atoms with van der Waals surface area (Å²) in [5, 5.41) is 13.8. The Morgan fingerprint density at radius 1 is 0.486 bits per heavy atom. The van der Waals surface area contributed by atoms with E-state index in [-0.39, 0.29) is 12.5 Å². The van der Waals surface area contributed by atoms with E-state index >= 15 is 0 Å². The lowest BCUT2D eigenvalue weighted by Crippen LogP contribution is -2.45. The molecule has 0 aliphatic rings. The zero-order valence-electron chi connectivity index (χ0n) is 48.5. The molecule has 0 aliphatic carbocycles. The van der Waals surface area contributed by atoms with Crippen LogP contribution in [0.25, 0.3) is 0 Å². The highest BCUT2D eigenvalue weighted by Crippen LogP contribution is 2.38. The van der Waals surface area contributed by atoms with E-state index in [0.717, 1.165) is 83.5 Å². The van der Waals surface area contributed by atoms with Crippen molar-refractivity contribution in [3.05, 3.63) is 109 Å². The molecule has 3 unspecified atom stereocenters. The molecule has 0 fully saturated rings. The van der Waals surface area contributed by atoms with Crippen molar-refractivity contribution in [3.63, 3.8) is 0 Å². The molecular weight excluding hydrogens is 936 g/mol. The van der Waals surface area contributed by atoms with Gasteiger partial charge in [-0.2, -0.15) is 0 Å². The fraction of sp³-hybridized carbons (Fsp3) is 0.708. The Kier molecular flexibility index (Phi) is 52.8. The number of carbonyl (C=O) groups excluding carboxylic acids is 1. The standard InChI is InChI=1S/C65H115N2O6P/c1-6-8-10-12-14-16-18-20-21-22-23-24-25-26-27-28-29-30-31-32-33-34-35-36-37-38-39-40-41-42-43-44-45-47-49-51-53-55-57-59-65(69)66-63(62-73-74(70,71)72-61-60-67(3,4)5)64(68)58-56-54-52-50-48-46-19-17-15-13-11-9-7-2/h8,10,14,16,20-21,23-24,26-27,29-30,32-33,48,50,56,58,63-64,68H,6-7,9,11-13,15,17-19,22,25,28,31,34-47,49,51-55,57,59-62H2,1-5H3,(H-,66,69,70,71)/b10-8-,16-14-,21-20-,24-23-,27-26-,30-29-,33-32-,50-48+,58-56+. The number of quaternary nitrogens is 1. The lowest BCUT2D eigenvalue weighted by atomic mass is 10.0. The van der Waals surface area contributed by atoms with Crippen molar-refractivity contribution < 1.29 is 32.9 Å². The van der Waals surface area contributed by atoms with Crippen LogP contribution in [-0.2, 0) is 18.4 Å². The maximum atomic E-state index is 12.9. The number of unbranched alkanes of at least 4 members (excludes halogenated alkanes) is 25. The van der Waals surface area contributed by atoms with Crippen LogP contribution in [0.1, 0.15) is 245 Å². The Hall–Kier alpha value is -2.84. The first-order chi connectivity index (χ1) is 36.0. The summed E-state index contributed by atoms with van der Waals surface area (Å²) >= 11 is 0. The molecule has 0 aromatic carbocycles. The van der Waals surface area contributed by atoms with Crippen LogP contribution < -0.4 is 10.2 Å². The first-order valence-electron chi connectivity index (χ1n) is 30.2. The Morgan fingerprint density at radius 2 is 0.838 bits per heavy atom. The van der Waals surface area contributed by atoms with Gasteiger partial charge in [-0.05, 0) is 89.9 Å². The SMILES string of the molecule is CC/C=C\C/C=C\C/C=C\C/C=C\C/C=C\C/C=C\C/C=C\CCCCCCCCCCCCCCCCCCCC(=O)NC(COP(=O)([O-])OCC[N+](C)(C)C)C(O)/C=C/CC/C=C/CCCCCCCCC. The molecule has 9 heteroatoms. The van der Waals surface area contributed by atoms with E-state index in [9.17, 15) is 19.4 Å². The second-order valence-electron chi connectivity index (χ2n) is 21.3. The van der Waals surface area contributed by atoms with Crippen molar-refractivity contribution in [2.24, 2.45) is 0 Å². The molecule has 0 radical (unpaired) electrons. The van der Waals surface area contributed by atoms with Crippen LogP contribution in [0, 0.1) is 0 Å². The summed E-state index contributed by atoms with van der Waals surface area (Å²) in [6, 6.07) is -0.907. The summed E-state index contributed by atoms with van der Waals surface area (Å²) in [6.45, 7) is 4.50. The number of aliphatic hydroxyl groups is 1. The van der Waals surface area contributed by atoms with Crippen LogP contribution in [0.5, 0.6) is 0 Å². The minimum absolute atomic E-state index is 0.00934. The van der Waals surface area contributed by atoms with Gasteiger partial charge in [0.25, 0.3) is 7.82 Å². The van der Waals surface area contributed by atoms with Crippen molar-refractivity contribution in [1.29, 1.82) is 0 Å². The highest BCUT2D eigenvalue weighted by atomic mass is 31.2.